The van der Waals surface area contributed by atoms with Gasteiger partial charge in [-0.2, -0.15) is 0 Å². The number of benzene rings is 2. The molecule has 0 saturated carbocycles. The molecular weight excluding hydrogens is 244 g/mol. The summed E-state index contributed by atoms with van der Waals surface area (Å²) in [6, 6.07) is 13.0. The minimum Gasteiger partial charge on any atom is -0.449 e. The molecule has 0 bridgehead atoms. The molecule has 5 heteroatoms. The highest BCUT2D eigenvalue weighted by Crippen LogP contribution is 2.17. The van der Waals surface area contributed by atoms with Crippen LogP contribution in [-0.2, 0) is 4.74 Å². The van der Waals surface area contributed by atoms with Gasteiger partial charge in [0.15, 0.2) is 0 Å². The smallest absolute Gasteiger partial charge is 0.426 e. The van der Waals surface area contributed by atoms with Gasteiger partial charge >= 0.3 is 6.09 Å². The Bertz CT molecular complexity index is 605. The van der Waals surface area contributed by atoms with Crippen LogP contribution in [0.1, 0.15) is 17.3 Å². The lowest BCUT2D eigenvalue weighted by atomic mass is 10.0. The Hall–Kier alpha value is -2.56. The molecule has 0 spiro atoms. The van der Waals surface area contributed by atoms with Gasteiger partial charge in [0.25, 0.3) is 5.91 Å². The number of carbonyl (C=O) groups excluding carboxylic acids is 2. The molecule has 0 aliphatic carbocycles. The van der Waals surface area contributed by atoms with Crippen molar-refractivity contribution in [2.75, 3.05) is 6.61 Å². The fourth-order valence-corrected chi connectivity index (χ4v) is 1.77. The summed E-state index contributed by atoms with van der Waals surface area (Å²) >= 11 is 0. The number of nitrogens with one attached hydrogen (secondary N) is 2. The van der Waals surface area contributed by atoms with Crippen LogP contribution in [0.5, 0.6) is 0 Å². The second-order valence-corrected chi connectivity index (χ2v) is 3.83. The Kier molecular flexibility index (Phi) is 3.97. The minimum atomic E-state index is -0.684. The molecule has 2 aromatic carbocycles. The van der Waals surface area contributed by atoms with E-state index in [2.05, 4.69) is 15.6 Å². The molecule has 2 N–H and O–H groups in total. The maximum absolute atomic E-state index is 12.0. The molecule has 0 radical (unpaired) electrons. The number of hydrogen-bond donors (Lipinski definition) is 2. The number of carbonyl (C=O) groups is 2. The quantitative estimate of drug-likeness (QED) is 0.812. The first-order valence-electron chi connectivity index (χ1n) is 5.93. The van der Waals surface area contributed by atoms with Crippen molar-refractivity contribution >= 4 is 22.8 Å². The molecule has 0 aliphatic rings. The maximum atomic E-state index is 12.0. The Balaban J connectivity index is 2.15. The van der Waals surface area contributed by atoms with Gasteiger partial charge in [-0.25, -0.2) is 10.2 Å². The third-order valence-electron chi connectivity index (χ3n) is 2.59. The predicted octanol–water partition coefficient (Wildman–Crippen LogP) is 2.23. The van der Waals surface area contributed by atoms with Crippen LogP contribution in [0.15, 0.2) is 42.5 Å². The van der Waals surface area contributed by atoms with E-state index in [1.54, 1.807) is 19.1 Å². The van der Waals surface area contributed by atoms with Gasteiger partial charge in [-0.05, 0) is 23.8 Å². The van der Waals surface area contributed by atoms with Crippen molar-refractivity contribution in [3.8, 4) is 0 Å². The van der Waals surface area contributed by atoms with Crippen molar-refractivity contribution in [2.24, 2.45) is 0 Å². The molecular formula is C14H14N2O3. The van der Waals surface area contributed by atoms with E-state index >= 15 is 0 Å². The van der Waals surface area contributed by atoms with Crippen molar-refractivity contribution in [3.05, 3.63) is 48.0 Å². The van der Waals surface area contributed by atoms with E-state index < -0.39 is 6.09 Å². The lowest BCUT2D eigenvalue weighted by molar-refractivity contribution is 0.0914. The zero-order valence-electron chi connectivity index (χ0n) is 10.5. The number of fused-ring (bicyclic) bond motifs is 1. The third-order valence-corrected chi connectivity index (χ3v) is 2.59. The van der Waals surface area contributed by atoms with Crippen molar-refractivity contribution in [1.29, 1.82) is 0 Å². The van der Waals surface area contributed by atoms with Gasteiger partial charge in [0.1, 0.15) is 0 Å². The van der Waals surface area contributed by atoms with E-state index in [-0.39, 0.29) is 12.5 Å². The summed E-state index contributed by atoms with van der Waals surface area (Å²) in [7, 11) is 0. The van der Waals surface area contributed by atoms with E-state index in [4.69, 9.17) is 0 Å². The Morgan fingerprint density at radius 2 is 1.79 bits per heavy atom. The molecule has 0 unspecified atom stereocenters. The molecule has 0 aromatic heterocycles. The summed E-state index contributed by atoms with van der Waals surface area (Å²) < 4.78 is 4.65. The average molecular weight is 258 g/mol. The molecule has 0 heterocycles. The molecule has 0 fully saturated rings. The third kappa shape index (κ3) is 3.01. The van der Waals surface area contributed by atoms with Crippen LogP contribution >= 0.6 is 0 Å². The number of ether oxygens (including phenoxy) is 1. The summed E-state index contributed by atoms with van der Waals surface area (Å²) in [4.78, 5) is 23.1. The first-order chi connectivity index (χ1) is 9.22. The normalized spacial score (nSPS) is 9.95. The Morgan fingerprint density at radius 1 is 1.05 bits per heavy atom. The Morgan fingerprint density at radius 3 is 2.58 bits per heavy atom. The number of rotatable bonds is 2. The van der Waals surface area contributed by atoms with E-state index in [0.717, 1.165) is 10.8 Å². The fourth-order valence-electron chi connectivity index (χ4n) is 1.77. The monoisotopic (exact) mass is 258 g/mol. The van der Waals surface area contributed by atoms with E-state index in [1.807, 2.05) is 30.3 Å². The molecule has 5 nitrogen and oxygen atoms in total. The van der Waals surface area contributed by atoms with Crippen LogP contribution in [0.25, 0.3) is 10.8 Å². The molecule has 0 saturated heterocycles. The minimum absolute atomic E-state index is 0.246. The summed E-state index contributed by atoms with van der Waals surface area (Å²) in [6.45, 7) is 1.93. The molecule has 0 atom stereocenters. The highest BCUT2D eigenvalue weighted by atomic mass is 16.5. The standard InChI is InChI=1S/C14H14N2O3/c1-2-19-14(18)16-15-13(17)12-9-5-7-10-6-3-4-8-11(10)12/h3-9H,2H2,1H3,(H,15,17)(H,16,18). The highest BCUT2D eigenvalue weighted by molar-refractivity contribution is 6.07. The molecule has 19 heavy (non-hydrogen) atoms. The van der Waals surface area contributed by atoms with Crippen molar-refractivity contribution in [2.45, 2.75) is 6.92 Å². The van der Waals surface area contributed by atoms with Gasteiger partial charge in [-0.1, -0.05) is 36.4 Å². The van der Waals surface area contributed by atoms with Crippen LogP contribution in [0, 0.1) is 0 Å². The van der Waals surface area contributed by atoms with Crippen LogP contribution < -0.4 is 10.9 Å². The van der Waals surface area contributed by atoms with Gasteiger partial charge in [0.05, 0.1) is 6.61 Å². The molecule has 2 amide bonds. The zero-order valence-corrected chi connectivity index (χ0v) is 10.5. The van der Waals surface area contributed by atoms with Gasteiger partial charge < -0.3 is 4.74 Å². The van der Waals surface area contributed by atoms with Gasteiger partial charge in [-0.3, -0.25) is 10.2 Å². The fraction of sp³-hybridized carbons (Fsp3) is 0.143. The SMILES string of the molecule is CCOC(=O)NNC(=O)c1cccc2ccccc12. The maximum Gasteiger partial charge on any atom is 0.426 e. The van der Waals surface area contributed by atoms with Crippen LogP contribution in [0.2, 0.25) is 0 Å². The second kappa shape index (κ2) is 5.86. The van der Waals surface area contributed by atoms with Crippen molar-refractivity contribution < 1.29 is 14.3 Å². The average Bonchev–Trinajstić information content (AvgIpc) is 2.44. The van der Waals surface area contributed by atoms with E-state index in [1.165, 1.54) is 0 Å². The lowest BCUT2D eigenvalue weighted by Crippen LogP contribution is -2.41. The summed E-state index contributed by atoms with van der Waals surface area (Å²) in [5.41, 5.74) is 4.99. The van der Waals surface area contributed by atoms with E-state index in [0.29, 0.717) is 5.56 Å². The predicted molar refractivity (Wildman–Crippen MR) is 71.6 cm³/mol. The molecule has 2 aromatic rings. The molecule has 98 valence electrons. The van der Waals surface area contributed by atoms with Crippen LogP contribution in [0.3, 0.4) is 0 Å². The summed E-state index contributed by atoms with van der Waals surface area (Å²) in [6.07, 6.45) is -0.684. The number of hydrazine groups is 1. The molecule has 0 aliphatic heterocycles. The zero-order chi connectivity index (χ0) is 13.7. The first kappa shape index (κ1) is 12.9. The van der Waals surface area contributed by atoms with Crippen molar-refractivity contribution in [1.82, 2.24) is 10.9 Å². The van der Waals surface area contributed by atoms with Crippen molar-refractivity contribution in [3.63, 3.8) is 0 Å². The van der Waals surface area contributed by atoms with Crippen LogP contribution in [-0.4, -0.2) is 18.6 Å². The molecule has 2 rings (SSSR count). The summed E-state index contributed by atoms with van der Waals surface area (Å²) in [5.74, 6) is -0.384. The lowest BCUT2D eigenvalue weighted by Gasteiger charge is -2.09. The number of amides is 2. The van der Waals surface area contributed by atoms with Crippen LogP contribution in [0.4, 0.5) is 4.79 Å². The summed E-state index contributed by atoms with van der Waals surface area (Å²) in [5, 5.41) is 1.79. The topological polar surface area (TPSA) is 67.4 Å². The highest BCUT2D eigenvalue weighted by Gasteiger charge is 2.10. The Labute approximate surface area is 110 Å². The van der Waals surface area contributed by atoms with Gasteiger partial charge in [0.2, 0.25) is 0 Å². The van der Waals surface area contributed by atoms with Gasteiger partial charge in [0, 0.05) is 5.56 Å². The largest absolute Gasteiger partial charge is 0.449 e. The second-order valence-electron chi connectivity index (χ2n) is 3.83. The number of hydrogen-bond acceptors (Lipinski definition) is 3. The van der Waals surface area contributed by atoms with Gasteiger partial charge in [-0.15, -0.1) is 0 Å². The first-order valence-corrected chi connectivity index (χ1v) is 5.93. The van der Waals surface area contributed by atoms with E-state index in [9.17, 15) is 9.59 Å².